The second-order valence-corrected chi connectivity index (χ2v) is 6.50. The summed E-state index contributed by atoms with van der Waals surface area (Å²) >= 11 is 6.00. The molecular formula is C21H24ClN3O2. The molecule has 6 heteroatoms. The van der Waals surface area contributed by atoms with Crippen LogP contribution in [-0.2, 0) is 9.59 Å². The van der Waals surface area contributed by atoms with Crippen molar-refractivity contribution in [2.75, 3.05) is 5.32 Å². The van der Waals surface area contributed by atoms with Gasteiger partial charge in [0, 0.05) is 12.8 Å². The van der Waals surface area contributed by atoms with Gasteiger partial charge in [0.1, 0.15) is 0 Å². The van der Waals surface area contributed by atoms with E-state index in [0.717, 1.165) is 30.5 Å². The van der Waals surface area contributed by atoms with Gasteiger partial charge in [0.05, 0.1) is 16.4 Å². The predicted molar refractivity (Wildman–Crippen MR) is 110 cm³/mol. The fourth-order valence-corrected chi connectivity index (χ4v) is 2.61. The molecule has 2 aromatic rings. The molecule has 0 fully saturated rings. The summed E-state index contributed by atoms with van der Waals surface area (Å²) in [5, 5.41) is 7.43. The number of nitrogens with zero attached hydrogens (tertiary/aromatic N) is 1. The number of rotatable bonds is 9. The highest BCUT2D eigenvalue weighted by atomic mass is 35.5. The van der Waals surface area contributed by atoms with Crippen LogP contribution in [0.5, 0.6) is 0 Å². The van der Waals surface area contributed by atoms with E-state index in [9.17, 15) is 9.59 Å². The molecule has 0 heterocycles. The van der Waals surface area contributed by atoms with Gasteiger partial charge in [-0.1, -0.05) is 67.4 Å². The third-order valence-corrected chi connectivity index (χ3v) is 4.25. The van der Waals surface area contributed by atoms with Gasteiger partial charge < -0.3 is 5.32 Å². The van der Waals surface area contributed by atoms with Crippen molar-refractivity contribution in [3.63, 3.8) is 0 Å². The Hall–Kier alpha value is -2.66. The molecule has 2 amide bonds. The minimum atomic E-state index is -0.297. The van der Waals surface area contributed by atoms with Gasteiger partial charge in [-0.2, -0.15) is 5.10 Å². The first-order valence-electron chi connectivity index (χ1n) is 9.05. The molecular weight excluding hydrogens is 362 g/mol. The smallest absolute Gasteiger partial charge is 0.240 e. The molecule has 5 nitrogen and oxygen atoms in total. The van der Waals surface area contributed by atoms with Crippen molar-refractivity contribution in [1.29, 1.82) is 0 Å². The molecule has 142 valence electrons. The number of para-hydroxylation sites is 1. The minimum absolute atomic E-state index is 0.0512. The maximum Gasteiger partial charge on any atom is 0.240 e. The average Bonchev–Trinajstić information content (AvgIpc) is 2.69. The summed E-state index contributed by atoms with van der Waals surface area (Å²) in [6.07, 6.45) is 2.93. The van der Waals surface area contributed by atoms with Gasteiger partial charge in [-0.05, 0) is 30.5 Å². The second kappa shape index (κ2) is 11.1. The Morgan fingerprint density at radius 3 is 2.30 bits per heavy atom. The fraction of sp³-hybridized carbons (Fsp3) is 0.286. The van der Waals surface area contributed by atoms with E-state index in [1.165, 1.54) is 0 Å². The quantitative estimate of drug-likeness (QED) is 0.482. The van der Waals surface area contributed by atoms with Crippen LogP contribution >= 0.6 is 11.6 Å². The highest BCUT2D eigenvalue weighted by Crippen LogP contribution is 2.20. The highest BCUT2D eigenvalue weighted by Gasteiger charge is 2.09. The Morgan fingerprint density at radius 1 is 0.926 bits per heavy atom. The number of hydrogen-bond donors (Lipinski definition) is 2. The van der Waals surface area contributed by atoms with Gasteiger partial charge in [-0.25, -0.2) is 5.43 Å². The number of carbonyl (C=O) groups is 2. The van der Waals surface area contributed by atoms with Crippen LogP contribution in [0.15, 0.2) is 59.7 Å². The van der Waals surface area contributed by atoms with Crippen molar-refractivity contribution < 1.29 is 9.59 Å². The Bertz CT molecular complexity index is 791. The highest BCUT2D eigenvalue weighted by molar-refractivity contribution is 6.33. The molecule has 0 radical (unpaired) electrons. The van der Waals surface area contributed by atoms with Gasteiger partial charge in [-0.15, -0.1) is 0 Å². The average molecular weight is 386 g/mol. The zero-order valence-electron chi connectivity index (χ0n) is 15.4. The zero-order valence-corrected chi connectivity index (χ0v) is 16.1. The molecule has 27 heavy (non-hydrogen) atoms. The van der Waals surface area contributed by atoms with Crippen molar-refractivity contribution >= 4 is 34.8 Å². The van der Waals surface area contributed by atoms with E-state index < -0.39 is 0 Å². The number of amides is 2. The summed E-state index contributed by atoms with van der Waals surface area (Å²) < 4.78 is 0. The number of halogens is 1. The monoisotopic (exact) mass is 385 g/mol. The molecule has 0 saturated heterocycles. The number of hydrazone groups is 1. The molecule has 0 atom stereocenters. The molecule has 0 spiro atoms. The first-order chi connectivity index (χ1) is 13.1. The van der Waals surface area contributed by atoms with Crippen LogP contribution in [0.3, 0.4) is 0 Å². The molecule has 0 aromatic heterocycles. The van der Waals surface area contributed by atoms with E-state index in [1.807, 2.05) is 30.3 Å². The standard InChI is InChI=1S/C21H24ClN3O2/c1-2-3-12-18(16-9-5-4-6-10-16)24-25-21(27)15-14-20(26)23-19-13-8-7-11-17(19)22/h4-11,13H,2-3,12,14-15H2,1H3,(H,23,26)(H,25,27)/b24-18+. The summed E-state index contributed by atoms with van der Waals surface area (Å²) in [4.78, 5) is 24.0. The summed E-state index contributed by atoms with van der Waals surface area (Å²) in [5.74, 6) is -0.564. The van der Waals surface area contributed by atoms with Crippen molar-refractivity contribution in [2.45, 2.75) is 39.0 Å². The summed E-state index contributed by atoms with van der Waals surface area (Å²) in [6.45, 7) is 2.11. The van der Waals surface area contributed by atoms with Crippen LogP contribution in [0, 0.1) is 0 Å². The van der Waals surface area contributed by atoms with Crippen LogP contribution in [0.2, 0.25) is 5.02 Å². The maximum absolute atomic E-state index is 12.1. The normalized spacial score (nSPS) is 11.1. The van der Waals surface area contributed by atoms with Crippen molar-refractivity contribution in [3.05, 3.63) is 65.2 Å². The number of nitrogens with one attached hydrogen (secondary N) is 2. The lowest BCUT2D eigenvalue weighted by Gasteiger charge is -2.08. The lowest BCUT2D eigenvalue weighted by atomic mass is 10.1. The number of unbranched alkanes of at least 4 members (excludes halogenated alkanes) is 1. The third-order valence-electron chi connectivity index (χ3n) is 3.92. The first-order valence-corrected chi connectivity index (χ1v) is 9.43. The van der Waals surface area contributed by atoms with Crippen LogP contribution in [-0.4, -0.2) is 17.5 Å². The first kappa shape index (κ1) is 20.6. The van der Waals surface area contributed by atoms with Gasteiger partial charge in [0.25, 0.3) is 0 Å². The largest absolute Gasteiger partial charge is 0.325 e. The van der Waals surface area contributed by atoms with E-state index in [-0.39, 0.29) is 24.7 Å². The van der Waals surface area contributed by atoms with Crippen molar-refractivity contribution in [3.8, 4) is 0 Å². The van der Waals surface area contributed by atoms with Crippen molar-refractivity contribution in [1.82, 2.24) is 5.43 Å². The Morgan fingerprint density at radius 2 is 1.59 bits per heavy atom. The molecule has 2 aromatic carbocycles. The van der Waals surface area contributed by atoms with Gasteiger partial charge in [0.2, 0.25) is 11.8 Å². The fourth-order valence-electron chi connectivity index (χ4n) is 2.43. The Balaban J connectivity index is 1.86. The van der Waals surface area contributed by atoms with E-state index in [2.05, 4.69) is 22.8 Å². The van der Waals surface area contributed by atoms with Crippen LogP contribution in [0.4, 0.5) is 5.69 Å². The van der Waals surface area contributed by atoms with Gasteiger partial charge >= 0.3 is 0 Å². The summed E-state index contributed by atoms with van der Waals surface area (Å²) in [7, 11) is 0. The topological polar surface area (TPSA) is 70.6 Å². The van der Waals surface area contributed by atoms with E-state index in [0.29, 0.717) is 10.7 Å². The van der Waals surface area contributed by atoms with E-state index >= 15 is 0 Å². The molecule has 0 aliphatic rings. The van der Waals surface area contributed by atoms with Crippen molar-refractivity contribution in [2.24, 2.45) is 5.10 Å². The summed E-state index contributed by atoms with van der Waals surface area (Å²) in [5.41, 5.74) is 4.93. The van der Waals surface area contributed by atoms with E-state index in [4.69, 9.17) is 11.6 Å². The number of anilines is 1. The van der Waals surface area contributed by atoms with Crippen LogP contribution in [0.1, 0.15) is 44.6 Å². The molecule has 2 N–H and O–H groups in total. The number of benzene rings is 2. The molecule has 0 saturated carbocycles. The maximum atomic E-state index is 12.1. The van der Waals surface area contributed by atoms with Gasteiger partial charge in [0.15, 0.2) is 0 Å². The lowest BCUT2D eigenvalue weighted by molar-refractivity contribution is -0.124. The number of carbonyl (C=O) groups excluding carboxylic acids is 2. The van der Waals surface area contributed by atoms with E-state index in [1.54, 1.807) is 24.3 Å². The van der Waals surface area contributed by atoms with Crippen LogP contribution in [0.25, 0.3) is 0 Å². The molecule has 0 unspecified atom stereocenters. The van der Waals surface area contributed by atoms with Crippen LogP contribution < -0.4 is 10.7 Å². The molecule has 0 aliphatic carbocycles. The minimum Gasteiger partial charge on any atom is -0.325 e. The van der Waals surface area contributed by atoms with Gasteiger partial charge in [-0.3, -0.25) is 9.59 Å². The predicted octanol–water partition coefficient (Wildman–Crippen LogP) is 4.77. The third kappa shape index (κ3) is 7.23. The number of hydrogen-bond acceptors (Lipinski definition) is 3. The molecule has 0 bridgehead atoms. The zero-order chi connectivity index (χ0) is 19.5. The summed E-state index contributed by atoms with van der Waals surface area (Å²) in [6, 6.07) is 16.7. The molecule has 0 aliphatic heterocycles. The Labute approximate surface area is 164 Å². The Kier molecular flexibility index (Phi) is 8.52. The second-order valence-electron chi connectivity index (χ2n) is 6.09. The lowest BCUT2D eigenvalue weighted by Crippen LogP contribution is -2.22. The SMILES string of the molecule is CCCC/C(=N\NC(=O)CCC(=O)Nc1ccccc1Cl)c1ccccc1. The molecule has 2 rings (SSSR count).